The molecule has 48 heavy (non-hydrogen) atoms. The maximum atomic E-state index is 13.6. The molecule has 0 aliphatic rings. The smallest absolute Gasteiger partial charge is 0.272 e. The molecule has 0 heterocycles. The van der Waals surface area contributed by atoms with E-state index in [1.165, 1.54) is 11.8 Å². The number of carbonyl (C=O) groups is 3. The summed E-state index contributed by atoms with van der Waals surface area (Å²) in [6.45, 7) is 2.24. The zero-order valence-electron chi connectivity index (χ0n) is 26.5. The SMILES string of the molecule is COc1cccc(NC(=O)C(C)Sc2cccc(NC(=O)/C(=C\c3ccc(OCc4ccccc4)cc3)NC(=O)c3ccccc3)c2)c1. The summed E-state index contributed by atoms with van der Waals surface area (Å²) < 4.78 is 11.1. The van der Waals surface area contributed by atoms with Crippen LogP contribution >= 0.6 is 11.8 Å². The van der Waals surface area contributed by atoms with Crippen LogP contribution in [0, 0.1) is 0 Å². The minimum atomic E-state index is -0.505. The van der Waals surface area contributed by atoms with E-state index in [0.717, 1.165) is 10.5 Å². The maximum Gasteiger partial charge on any atom is 0.272 e. The lowest BCUT2D eigenvalue weighted by atomic mass is 10.1. The largest absolute Gasteiger partial charge is 0.497 e. The number of amides is 3. The first kappa shape index (κ1) is 33.6. The van der Waals surface area contributed by atoms with Crippen LogP contribution in [0.1, 0.15) is 28.4 Å². The van der Waals surface area contributed by atoms with Gasteiger partial charge < -0.3 is 25.4 Å². The second-order valence-corrected chi connectivity index (χ2v) is 12.1. The molecule has 1 atom stereocenters. The number of thioether (sulfide) groups is 1. The highest BCUT2D eigenvalue weighted by molar-refractivity contribution is 8.00. The zero-order valence-corrected chi connectivity index (χ0v) is 27.3. The number of methoxy groups -OCH3 is 1. The van der Waals surface area contributed by atoms with Crippen LogP contribution in [0.25, 0.3) is 6.08 Å². The molecule has 9 heteroatoms. The van der Waals surface area contributed by atoms with Crippen molar-refractivity contribution < 1.29 is 23.9 Å². The number of rotatable bonds is 13. The monoisotopic (exact) mass is 657 g/mol. The van der Waals surface area contributed by atoms with Crippen molar-refractivity contribution in [1.82, 2.24) is 5.32 Å². The number of carbonyl (C=O) groups excluding carboxylic acids is 3. The van der Waals surface area contributed by atoms with Gasteiger partial charge in [-0.05, 0) is 78.7 Å². The lowest BCUT2D eigenvalue weighted by Gasteiger charge is -2.14. The Balaban J connectivity index is 1.28. The van der Waals surface area contributed by atoms with Gasteiger partial charge >= 0.3 is 0 Å². The molecule has 242 valence electrons. The number of hydrogen-bond donors (Lipinski definition) is 3. The fourth-order valence-corrected chi connectivity index (χ4v) is 5.48. The first-order valence-corrected chi connectivity index (χ1v) is 16.1. The summed E-state index contributed by atoms with van der Waals surface area (Å²) in [6, 6.07) is 40.2. The average Bonchev–Trinajstić information content (AvgIpc) is 3.12. The first-order valence-electron chi connectivity index (χ1n) is 15.2. The van der Waals surface area contributed by atoms with E-state index < -0.39 is 17.1 Å². The molecule has 5 rings (SSSR count). The number of nitrogens with one attached hydrogen (secondary N) is 3. The van der Waals surface area contributed by atoms with E-state index in [1.807, 2.05) is 73.7 Å². The molecule has 0 aliphatic carbocycles. The predicted molar refractivity (Wildman–Crippen MR) is 191 cm³/mol. The Morgan fingerprint density at radius 3 is 2.10 bits per heavy atom. The van der Waals surface area contributed by atoms with Crippen molar-refractivity contribution in [1.29, 1.82) is 0 Å². The minimum Gasteiger partial charge on any atom is -0.497 e. The summed E-state index contributed by atoms with van der Waals surface area (Å²) in [7, 11) is 1.57. The number of ether oxygens (including phenoxy) is 2. The molecule has 0 aromatic heterocycles. The predicted octanol–water partition coefficient (Wildman–Crippen LogP) is 7.80. The van der Waals surface area contributed by atoms with Crippen LogP contribution in [0.3, 0.4) is 0 Å². The molecule has 3 amide bonds. The van der Waals surface area contributed by atoms with E-state index in [0.29, 0.717) is 40.6 Å². The van der Waals surface area contributed by atoms with E-state index in [9.17, 15) is 14.4 Å². The van der Waals surface area contributed by atoms with Gasteiger partial charge in [0.15, 0.2) is 0 Å². The van der Waals surface area contributed by atoms with Crippen LogP contribution in [0.5, 0.6) is 11.5 Å². The molecule has 0 aliphatic heterocycles. The molecule has 1 unspecified atom stereocenters. The minimum absolute atomic E-state index is 0.0610. The fourth-order valence-electron chi connectivity index (χ4n) is 4.56. The highest BCUT2D eigenvalue weighted by atomic mass is 32.2. The molecule has 5 aromatic rings. The molecular weight excluding hydrogens is 623 g/mol. The van der Waals surface area contributed by atoms with E-state index in [2.05, 4.69) is 16.0 Å². The van der Waals surface area contributed by atoms with Crippen molar-refractivity contribution in [2.45, 2.75) is 23.7 Å². The van der Waals surface area contributed by atoms with Crippen molar-refractivity contribution in [3.05, 3.63) is 156 Å². The molecular formula is C39H35N3O5S. The topological polar surface area (TPSA) is 106 Å². The molecule has 0 saturated carbocycles. The van der Waals surface area contributed by atoms with Gasteiger partial charge in [-0.2, -0.15) is 0 Å². The standard InChI is InChI=1S/C39H35N3O5S/c1-27(37(43)40-31-15-9-17-34(24-31)46-2)48-35-18-10-16-32(25-35)41-39(45)36(42-38(44)30-13-7-4-8-14-30)23-28-19-21-33(22-20-28)47-26-29-11-5-3-6-12-29/h3-25,27H,26H2,1-2H3,(H,40,43)(H,41,45)(H,42,44)/b36-23+. The van der Waals surface area contributed by atoms with Crippen LogP contribution in [-0.4, -0.2) is 30.1 Å². The highest BCUT2D eigenvalue weighted by Crippen LogP contribution is 2.27. The fraction of sp³-hybridized carbons (Fsp3) is 0.103. The summed E-state index contributed by atoms with van der Waals surface area (Å²) in [5.41, 5.74) is 3.37. The van der Waals surface area contributed by atoms with E-state index in [-0.39, 0.29) is 11.6 Å². The van der Waals surface area contributed by atoms with Crippen molar-refractivity contribution in [3.63, 3.8) is 0 Å². The summed E-state index contributed by atoms with van der Waals surface area (Å²) in [5, 5.41) is 8.14. The van der Waals surface area contributed by atoms with E-state index in [4.69, 9.17) is 9.47 Å². The van der Waals surface area contributed by atoms with Crippen LogP contribution in [0.15, 0.2) is 144 Å². The van der Waals surface area contributed by atoms with Gasteiger partial charge in [0.05, 0.1) is 12.4 Å². The van der Waals surface area contributed by atoms with E-state index >= 15 is 0 Å². The molecule has 0 saturated heterocycles. The third-order valence-electron chi connectivity index (χ3n) is 7.08. The van der Waals surface area contributed by atoms with Gasteiger partial charge in [0.25, 0.3) is 11.8 Å². The molecule has 8 nitrogen and oxygen atoms in total. The Kier molecular flexibility index (Phi) is 11.7. The molecule has 5 aromatic carbocycles. The van der Waals surface area contributed by atoms with Gasteiger partial charge in [-0.15, -0.1) is 11.8 Å². The molecule has 3 N–H and O–H groups in total. The Hall–Kier alpha value is -5.80. The maximum absolute atomic E-state index is 13.6. The Morgan fingerprint density at radius 2 is 1.40 bits per heavy atom. The second kappa shape index (κ2) is 16.7. The lowest BCUT2D eigenvalue weighted by Crippen LogP contribution is -2.30. The van der Waals surface area contributed by atoms with Crippen LogP contribution in [-0.2, 0) is 16.2 Å². The van der Waals surface area contributed by atoms with Crippen molar-refractivity contribution in [2.24, 2.45) is 0 Å². The van der Waals surface area contributed by atoms with Crippen molar-refractivity contribution >= 4 is 46.9 Å². The highest BCUT2D eigenvalue weighted by Gasteiger charge is 2.18. The van der Waals surface area contributed by atoms with E-state index in [1.54, 1.807) is 79.9 Å². The van der Waals surface area contributed by atoms with Gasteiger partial charge in [0, 0.05) is 27.9 Å². The van der Waals surface area contributed by atoms with Crippen LogP contribution in [0.2, 0.25) is 0 Å². The number of benzene rings is 5. The van der Waals surface area contributed by atoms with Gasteiger partial charge in [-0.1, -0.05) is 72.8 Å². The molecule has 0 spiro atoms. The van der Waals surface area contributed by atoms with Gasteiger partial charge in [0.1, 0.15) is 23.8 Å². The van der Waals surface area contributed by atoms with Gasteiger partial charge in [0.2, 0.25) is 5.91 Å². The quantitative estimate of drug-likeness (QED) is 0.0882. The third kappa shape index (κ3) is 9.85. The Bertz CT molecular complexity index is 1880. The van der Waals surface area contributed by atoms with Crippen LogP contribution in [0.4, 0.5) is 11.4 Å². The molecule has 0 bridgehead atoms. The summed E-state index contributed by atoms with van der Waals surface area (Å²) in [6.07, 6.45) is 1.61. The van der Waals surface area contributed by atoms with Crippen molar-refractivity contribution in [2.75, 3.05) is 17.7 Å². The van der Waals surface area contributed by atoms with Crippen LogP contribution < -0.4 is 25.4 Å². The Labute approximate surface area is 284 Å². The lowest BCUT2D eigenvalue weighted by molar-refractivity contribution is -0.115. The summed E-state index contributed by atoms with van der Waals surface area (Å²) >= 11 is 1.35. The zero-order chi connectivity index (χ0) is 33.7. The summed E-state index contributed by atoms with van der Waals surface area (Å²) in [4.78, 5) is 40.4. The average molecular weight is 658 g/mol. The van der Waals surface area contributed by atoms with Gasteiger partial charge in [-0.3, -0.25) is 14.4 Å². The first-order chi connectivity index (χ1) is 23.4. The summed E-state index contributed by atoms with van der Waals surface area (Å²) in [5.74, 6) is 0.230. The Morgan fingerprint density at radius 1 is 0.729 bits per heavy atom. The number of hydrogen-bond acceptors (Lipinski definition) is 6. The van der Waals surface area contributed by atoms with Crippen molar-refractivity contribution in [3.8, 4) is 11.5 Å². The molecule has 0 fully saturated rings. The van der Waals surface area contributed by atoms with Gasteiger partial charge in [-0.25, -0.2) is 0 Å². The second-order valence-electron chi connectivity index (χ2n) is 10.7. The number of anilines is 2. The normalized spacial score (nSPS) is 11.6. The third-order valence-corrected chi connectivity index (χ3v) is 8.17. The molecule has 0 radical (unpaired) electrons.